The molecule has 1 amide bonds. The lowest BCUT2D eigenvalue weighted by atomic mass is 9.72. The van der Waals surface area contributed by atoms with Crippen LogP contribution in [0.2, 0.25) is 0 Å². The Morgan fingerprint density at radius 2 is 1.92 bits per heavy atom. The van der Waals surface area contributed by atoms with E-state index in [1.165, 1.54) is 24.5 Å². The van der Waals surface area contributed by atoms with Gasteiger partial charge in [0.15, 0.2) is 11.6 Å². The SMILES string of the molecule is CC(C)N(C(=O)c1cc(F)ccc1Oc1cncnc1N1CC2(CCN(C[C@@H]3CC[C@@H](NS(=O)(=O)N4CCC[C@@H]4C)CO3)CC2)C1)[C@H]1CCOC1. The van der Waals surface area contributed by atoms with Crippen molar-refractivity contribution >= 4 is 21.9 Å². The highest BCUT2D eigenvalue weighted by molar-refractivity contribution is 7.87. The second-order valence-electron chi connectivity index (χ2n) is 15.4. The number of hydrogen-bond acceptors (Lipinski definition) is 10. The third kappa shape index (κ3) is 8.03. The van der Waals surface area contributed by atoms with Crippen molar-refractivity contribution in [1.29, 1.82) is 0 Å². The molecule has 1 N–H and O–H groups in total. The molecule has 13 nitrogen and oxygen atoms in total. The summed E-state index contributed by atoms with van der Waals surface area (Å²) in [5.74, 6) is 0.548. The number of piperidine rings is 1. The van der Waals surface area contributed by atoms with E-state index in [1.807, 2.05) is 20.8 Å². The first-order valence-corrected chi connectivity index (χ1v) is 20.0. The standard InChI is InChI=1S/C36H52FN7O6S/c1-25(2)44(29-10-16-48-21-29)35(45)31-17-27(37)6-9-32(31)50-33-18-38-24-39-34(33)42-22-36(23-42)11-14-41(15-12-36)19-30-8-7-28(20-49-30)40-51(46,47)43-13-4-5-26(43)3/h6,9,17-18,24-26,28-30,40H,4-5,7-8,10-16,19-23H2,1-3H3/t26-,28+,29-,30-/m0/s1. The van der Waals surface area contributed by atoms with Crippen molar-refractivity contribution in [3.63, 3.8) is 0 Å². The monoisotopic (exact) mass is 729 g/mol. The van der Waals surface area contributed by atoms with Gasteiger partial charge in [0.05, 0.1) is 37.1 Å². The number of aromatic nitrogens is 2. The molecule has 6 heterocycles. The number of halogens is 1. The van der Waals surface area contributed by atoms with Gasteiger partial charge < -0.3 is 28.9 Å². The van der Waals surface area contributed by atoms with E-state index in [9.17, 15) is 17.6 Å². The predicted octanol–water partition coefficient (Wildman–Crippen LogP) is 3.82. The number of nitrogens with one attached hydrogen (secondary N) is 1. The van der Waals surface area contributed by atoms with Crippen LogP contribution < -0.4 is 14.4 Å². The van der Waals surface area contributed by atoms with E-state index in [2.05, 4.69) is 24.5 Å². The highest BCUT2D eigenvalue weighted by Gasteiger charge is 2.46. The normalized spacial score (nSPS) is 27.2. The van der Waals surface area contributed by atoms with Crippen LogP contribution in [0.3, 0.4) is 0 Å². The third-order valence-electron chi connectivity index (χ3n) is 11.4. The van der Waals surface area contributed by atoms with Crippen LogP contribution in [0.5, 0.6) is 11.5 Å². The molecule has 5 aliphatic heterocycles. The van der Waals surface area contributed by atoms with Gasteiger partial charge in [-0.25, -0.2) is 14.4 Å². The number of hydrogen-bond donors (Lipinski definition) is 1. The molecule has 0 unspecified atom stereocenters. The summed E-state index contributed by atoms with van der Waals surface area (Å²) < 4.78 is 62.8. The quantitative estimate of drug-likeness (QED) is 0.365. The second-order valence-corrected chi connectivity index (χ2v) is 17.0. The Balaban J connectivity index is 0.916. The lowest BCUT2D eigenvalue weighted by Gasteiger charge is -2.54. The van der Waals surface area contributed by atoms with Crippen molar-refractivity contribution in [2.24, 2.45) is 5.41 Å². The molecule has 2 aromatic rings. The molecular formula is C36H52FN7O6S. The van der Waals surface area contributed by atoms with E-state index in [4.69, 9.17) is 14.2 Å². The first-order valence-electron chi connectivity index (χ1n) is 18.6. The maximum absolute atomic E-state index is 14.5. The molecule has 0 saturated carbocycles. The Morgan fingerprint density at radius 1 is 1.12 bits per heavy atom. The smallest absolute Gasteiger partial charge is 0.280 e. The molecule has 0 bridgehead atoms. The summed E-state index contributed by atoms with van der Waals surface area (Å²) in [6, 6.07) is 3.73. The molecule has 5 aliphatic rings. The summed E-state index contributed by atoms with van der Waals surface area (Å²) in [6.07, 6.45) is 9.48. The number of nitrogens with zero attached hydrogens (tertiary/aromatic N) is 6. The average Bonchev–Trinajstić information content (AvgIpc) is 3.79. The van der Waals surface area contributed by atoms with E-state index in [-0.39, 0.29) is 52.9 Å². The molecule has 51 heavy (non-hydrogen) atoms. The van der Waals surface area contributed by atoms with E-state index < -0.39 is 16.0 Å². The minimum atomic E-state index is -3.48. The highest BCUT2D eigenvalue weighted by atomic mass is 32.2. The Morgan fingerprint density at radius 3 is 2.59 bits per heavy atom. The van der Waals surface area contributed by atoms with Crippen LogP contribution in [0, 0.1) is 11.2 Å². The van der Waals surface area contributed by atoms with Crippen molar-refractivity contribution in [3.8, 4) is 11.5 Å². The number of amides is 1. The van der Waals surface area contributed by atoms with Gasteiger partial charge in [0.1, 0.15) is 17.9 Å². The van der Waals surface area contributed by atoms with Crippen molar-refractivity contribution in [3.05, 3.63) is 42.1 Å². The van der Waals surface area contributed by atoms with Gasteiger partial charge in [0, 0.05) is 56.3 Å². The molecule has 1 aromatic carbocycles. The summed E-state index contributed by atoms with van der Waals surface area (Å²) in [7, 11) is -3.48. The molecule has 1 aromatic heterocycles. The molecule has 7 rings (SSSR count). The fourth-order valence-electron chi connectivity index (χ4n) is 8.51. The van der Waals surface area contributed by atoms with Gasteiger partial charge in [-0.3, -0.25) is 4.79 Å². The lowest BCUT2D eigenvalue weighted by molar-refractivity contribution is -0.0301. The Kier molecular flexibility index (Phi) is 10.8. The summed E-state index contributed by atoms with van der Waals surface area (Å²) in [5, 5.41) is 0. The zero-order chi connectivity index (χ0) is 35.8. The van der Waals surface area contributed by atoms with Crippen LogP contribution in [0.1, 0.15) is 76.1 Å². The third-order valence-corrected chi connectivity index (χ3v) is 13.1. The van der Waals surface area contributed by atoms with Crippen LogP contribution in [0.25, 0.3) is 0 Å². The summed E-state index contributed by atoms with van der Waals surface area (Å²) >= 11 is 0. The highest BCUT2D eigenvalue weighted by Crippen LogP contribution is 2.45. The van der Waals surface area contributed by atoms with Gasteiger partial charge in [-0.15, -0.1) is 0 Å². The van der Waals surface area contributed by atoms with Gasteiger partial charge in [0.25, 0.3) is 16.1 Å². The Bertz CT molecular complexity index is 1640. The average molecular weight is 730 g/mol. The number of carbonyl (C=O) groups excluding carboxylic acids is 1. The predicted molar refractivity (Wildman–Crippen MR) is 190 cm³/mol. The van der Waals surface area contributed by atoms with E-state index >= 15 is 0 Å². The second kappa shape index (κ2) is 15.2. The van der Waals surface area contributed by atoms with Crippen molar-refractivity contribution in [1.82, 2.24) is 28.8 Å². The first-order chi connectivity index (χ1) is 24.5. The number of anilines is 1. The van der Waals surface area contributed by atoms with Crippen molar-refractivity contribution in [2.75, 3.05) is 64.0 Å². The fourth-order valence-corrected chi connectivity index (χ4v) is 10.2. The van der Waals surface area contributed by atoms with E-state index in [0.717, 1.165) is 77.7 Å². The molecule has 5 saturated heterocycles. The molecule has 0 aliphatic carbocycles. The van der Waals surface area contributed by atoms with Crippen molar-refractivity contribution in [2.45, 2.75) is 96.0 Å². The lowest BCUT2D eigenvalue weighted by Crippen LogP contribution is -2.61. The molecule has 4 atom stereocenters. The summed E-state index contributed by atoms with van der Waals surface area (Å²) in [6.45, 7) is 12.4. The zero-order valence-corrected chi connectivity index (χ0v) is 30.8. The van der Waals surface area contributed by atoms with Crippen LogP contribution in [-0.4, -0.2) is 128 Å². The van der Waals surface area contributed by atoms with Gasteiger partial charge in [0.2, 0.25) is 0 Å². The van der Waals surface area contributed by atoms with Crippen molar-refractivity contribution < 1.29 is 31.8 Å². The zero-order valence-electron chi connectivity index (χ0n) is 30.0. The van der Waals surface area contributed by atoms with Crippen LogP contribution in [0.4, 0.5) is 10.2 Å². The topological polar surface area (TPSA) is 130 Å². The molecule has 15 heteroatoms. The summed E-state index contributed by atoms with van der Waals surface area (Å²) in [4.78, 5) is 29.1. The van der Waals surface area contributed by atoms with E-state index in [1.54, 1.807) is 15.4 Å². The number of benzene rings is 1. The molecule has 280 valence electrons. The fraction of sp³-hybridized carbons (Fsp3) is 0.694. The van der Waals surface area contributed by atoms with Crippen LogP contribution in [-0.2, 0) is 19.7 Å². The summed E-state index contributed by atoms with van der Waals surface area (Å²) in [5.41, 5.74) is 0.341. The molecule has 1 spiro atoms. The van der Waals surface area contributed by atoms with Crippen LogP contribution in [0.15, 0.2) is 30.7 Å². The van der Waals surface area contributed by atoms with E-state index in [0.29, 0.717) is 37.9 Å². The molecule has 5 fully saturated rings. The Hall–Kier alpha value is -2.95. The van der Waals surface area contributed by atoms with Gasteiger partial charge in [-0.1, -0.05) is 0 Å². The molecule has 0 radical (unpaired) electrons. The number of ether oxygens (including phenoxy) is 3. The molecular weight excluding hydrogens is 678 g/mol. The van der Waals surface area contributed by atoms with Gasteiger partial charge >= 0.3 is 0 Å². The van der Waals surface area contributed by atoms with Crippen LogP contribution >= 0.6 is 0 Å². The Labute approximate surface area is 301 Å². The number of carbonyl (C=O) groups is 1. The van der Waals surface area contributed by atoms with Gasteiger partial charge in [-0.2, -0.15) is 17.4 Å². The number of rotatable bonds is 11. The maximum atomic E-state index is 14.5. The van der Waals surface area contributed by atoms with Gasteiger partial charge in [-0.05, 0) is 97.0 Å². The maximum Gasteiger partial charge on any atom is 0.280 e. The largest absolute Gasteiger partial charge is 0.451 e. The minimum Gasteiger partial charge on any atom is -0.451 e. The minimum absolute atomic E-state index is 0.0477. The first kappa shape index (κ1) is 36.4. The number of likely N-dealkylation sites (tertiary alicyclic amines) is 1.